The summed E-state index contributed by atoms with van der Waals surface area (Å²) in [5.74, 6) is -0.804. The van der Waals surface area contributed by atoms with Crippen LogP contribution in [0.2, 0.25) is 0 Å². The van der Waals surface area contributed by atoms with Gasteiger partial charge < -0.3 is 10.3 Å². The van der Waals surface area contributed by atoms with Gasteiger partial charge in [0.25, 0.3) is 11.5 Å². The van der Waals surface area contributed by atoms with Gasteiger partial charge in [0.15, 0.2) is 0 Å². The molecular formula is C20H16F3N3O2. The Labute approximate surface area is 158 Å². The summed E-state index contributed by atoms with van der Waals surface area (Å²) in [7, 11) is 0. The van der Waals surface area contributed by atoms with Crippen molar-refractivity contribution in [3.8, 4) is 22.4 Å². The third kappa shape index (κ3) is 3.66. The Balaban J connectivity index is 2.21. The normalized spacial score (nSPS) is 11.4. The van der Waals surface area contributed by atoms with Crippen molar-refractivity contribution in [1.82, 2.24) is 9.55 Å². The van der Waals surface area contributed by atoms with Crippen LogP contribution in [-0.4, -0.2) is 15.5 Å². The van der Waals surface area contributed by atoms with Gasteiger partial charge in [-0.2, -0.15) is 13.2 Å². The highest BCUT2D eigenvalue weighted by Gasteiger charge is 2.33. The summed E-state index contributed by atoms with van der Waals surface area (Å²) < 4.78 is 41.3. The molecule has 28 heavy (non-hydrogen) atoms. The van der Waals surface area contributed by atoms with E-state index in [4.69, 9.17) is 5.73 Å². The van der Waals surface area contributed by atoms with Crippen molar-refractivity contribution < 1.29 is 18.0 Å². The van der Waals surface area contributed by atoms with Crippen molar-refractivity contribution in [3.05, 3.63) is 76.3 Å². The van der Waals surface area contributed by atoms with Crippen molar-refractivity contribution in [3.63, 3.8) is 0 Å². The number of aromatic nitrogens is 2. The van der Waals surface area contributed by atoms with Crippen molar-refractivity contribution in [2.45, 2.75) is 19.6 Å². The van der Waals surface area contributed by atoms with Gasteiger partial charge in [-0.15, -0.1) is 0 Å². The van der Waals surface area contributed by atoms with Gasteiger partial charge in [-0.1, -0.05) is 36.4 Å². The minimum absolute atomic E-state index is 0.0151. The van der Waals surface area contributed by atoms with E-state index in [1.165, 1.54) is 47.2 Å². The van der Waals surface area contributed by atoms with E-state index in [1.807, 2.05) is 0 Å². The lowest BCUT2D eigenvalue weighted by Crippen LogP contribution is -2.26. The summed E-state index contributed by atoms with van der Waals surface area (Å²) in [5, 5.41) is 0. The molecule has 3 aromatic rings. The molecule has 8 heteroatoms. The summed E-state index contributed by atoms with van der Waals surface area (Å²) >= 11 is 0. The predicted octanol–water partition coefficient (Wildman–Crippen LogP) is 3.71. The molecule has 0 fully saturated rings. The van der Waals surface area contributed by atoms with Gasteiger partial charge in [0, 0.05) is 18.3 Å². The molecule has 0 aliphatic heterocycles. The van der Waals surface area contributed by atoms with Crippen LogP contribution in [0.15, 0.2) is 59.5 Å². The highest BCUT2D eigenvalue weighted by Crippen LogP contribution is 2.37. The minimum Gasteiger partial charge on any atom is -0.364 e. The SMILES string of the molecule is CCn1cc(C(N)=O)nc(-c2cccc(-c3ccccc3C(F)(F)F)c2)c1=O. The van der Waals surface area contributed by atoms with E-state index in [-0.39, 0.29) is 29.1 Å². The van der Waals surface area contributed by atoms with Crippen LogP contribution in [0.1, 0.15) is 23.0 Å². The molecule has 2 N–H and O–H groups in total. The number of carbonyl (C=O) groups excluding carboxylic acids is 1. The topological polar surface area (TPSA) is 78.0 Å². The third-order valence-corrected chi connectivity index (χ3v) is 4.25. The fourth-order valence-corrected chi connectivity index (χ4v) is 2.90. The summed E-state index contributed by atoms with van der Waals surface area (Å²) in [6.45, 7) is 2.00. The summed E-state index contributed by atoms with van der Waals surface area (Å²) in [4.78, 5) is 28.2. The first kappa shape index (κ1) is 19.3. The van der Waals surface area contributed by atoms with Crippen molar-refractivity contribution in [2.75, 3.05) is 0 Å². The number of benzene rings is 2. The molecule has 3 rings (SSSR count). The predicted molar refractivity (Wildman–Crippen MR) is 98.6 cm³/mol. The summed E-state index contributed by atoms with van der Waals surface area (Å²) in [6, 6.07) is 11.2. The molecule has 1 aromatic heterocycles. The van der Waals surface area contributed by atoms with Gasteiger partial charge in [-0.05, 0) is 30.2 Å². The highest BCUT2D eigenvalue weighted by molar-refractivity contribution is 5.91. The Bertz CT molecular complexity index is 1100. The first-order valence-corrected chi connectivity index (χ1v) is 8.40. The number of nitrogens with two attached hydrogens (primary N) is 1. The molecule has 0 radical (unpaired) electrons. The Morgan fingerprint density at radius 2 is 1.79 bits per heavy atom. The van der Waals surface area contributed by atoms with Crippen LogP contribution in [0.25, 0.3) is 22.4 Å². The molecule has 0 aliphatic carbocycles. The minimum atomic E-state index is -4.52. The lowest BCUT2D eigenvalue weighted by atomic mass is 9.97. The molecule has 0 saturated carbocycles. The van der Waals surface area contributed by atoms with Gasteiger partial charge in [0.05, 0.1) is 5.56 Å². The standard InChI is InChI=1S/C20H16F3N3O2/c1-2-26-11-16(18(24)27)25-17(19(26)28)13-7-5-6-12(10-13)14-8-3-4-9-15(14)20(21,22)23/h3-11H,2H2,1H3,(H2,24,27). The van der Waals surface area contributed by atoms with E-state index in [1.54, 1.807) is 13.0 Å². The van der Waals surface area contributed by atoms with E-state index >= 15 is 0 Å². The first-order valence-electron chi connectivity index (χ1n) is 8.40. The molecule has 144 valence electrons. The van der Waals surface area contributed by atoms with E-state index < -0.39 is 23.2 Å². The monoisotopic (exact) mass is 387 g/mol. The number of nitrogens with zero attached hydrogens (tertiary/aromatic N) is 2. The zero-order valence-electron chi connectivity index (χ0n) is 14.8. The molecular weight excluding hydrogens is 371 g/mol. The smallest absolute Gasteiger partial charge is 0.364 e. The number of halogens is 3. The molecule has 0 unspecified atom stereocenters. The molecule has 0 atom stereocenters. The largest absolute Gasteiger partial charge is 0.417 e. The molecule has 1 heterocycles. The van der Waals surface area contributed by atoms with Crippen LogP contribution < -0.4 is 11.3 Å². The molecule has 2 aromatic carbocycles. The number of carbonyl (C=O) groups is 1. The fraction of sp³-hybridized carbons (Fsp3) is 0.150. The summed E-state index contributed by atoms with van der Waals surface area (Å²) in [5.41, 5.74) is 4.44. The quantitative estimate of drug-likeness (QED) is 0.741. The van der Waals surface area contributed by atoms with Gasteiger partial charge in [0.1, 0.15) is 11.4 Å². The van der Waals surface area contributed by atoms with E-state index in [0.717, 1.165) is 6.07 Å². The molecule has 5 nitrogen and oxygen atoms in total. The lowest BCUT2D eigenvalue weighted by molar-refractivity contribution is -0.137. The lowest BCUT2D eigenvalue weighted by Gasteiger charge is -2.14. The molecule has 0 bridgehead atoms. The van der Waals surface area contributed by atoms with Gasteiger partial charge >= 0.3 is 6.18 Å². The number of primary amides is 1. The van der Waals surface area contributed by atoms with E-state index in [2.05, 4.69) is 4.98 Å². The molecule has 1 amide bonds. The van der Waals surface area contributed by atoms with Crippen LogP contribution >= 0.6 is 0 Å². The maximum Gasteiger partial charge on any atom is 0.417 e. The van der Waals surface area contributed by atoms with Crippen LogP contribution in [-0.2, 0) is 12.7 Å². The second-order valence-electron chi connectivity index (χ2n) is 6.05. The number of hydrogen-bond acceptors (Lipinski definition) is 3. The zero-order chi connectivity index (χ0) is 20.5. The zero-order valence-corrected chi connectivity index (χ0v) is 14.8. The second kappa shape index (κ2) is 7.30. The maximum absolute atomic E-state index is 13.3. The van der Waals surface area contributed by atoms with Crippen LogP contribution in [0.5, 0.6) is 0 Å². The van der Waals surface area contributed by atoms with Crippen LogP contribution in [0, 0.1) is 0 Å². The second-order valence-corrected chi connectivity index (χ2v) is 6.05. The van der Waals surface area contributed by atoms with E-state index in [9.17, 15) is 22.8 Å². The number of rotatable bonds is 4. The van der Waals surface area contributed by atoms with Gasteiger partial charge in [0.2, 0.25) is 0 Å². The van der Waals surface area contributed by atoms with Gasteiger partial charge in [-0.25, -0.2) is 4.98 Å². The number of amides is 1. The third-order valence-electron chi connectivity index (χ3n) is 4.25. The average Bonchev–Trinajstić information content (AvgIpc) is 2.67. The van der Waals surface area contributed by atoms with Crippen molar-refractivity contribution in [2.24, 2.45) is 5.73 Å². The molecule has 0 saturated heterocycles. The maximum atomic E-state index is 13.3. The molecule has 0 aliphatic rings. The number of aryl methyl sites for hydroxylation is 1. The fourth-order valence-electron chi connectivity index (χ4n) is 2.90. The Hall–Kier alpha value is -3.42. The van der Waals surface area contributed by atoms with Crippen LogP contribution in [0.4, 0.5) is 13.2 Å². The van der Waals surface area contributed by atoms with Crippen molar-refractivity contribution >= 4 is 5.91 Å². The first-order chi connectivity index (χ1) is 13.2. The van der Waals surface area contributed by atoms with Gasteiger partial charge in [-0.3, -0.25) is 9.59 Å². The average molecular weight is 387 g/mol. The van der Waals surface area contributed by atoms with Crippen molar-refractivity contribution in [1.29, 1.82) is 0 Å². The summed E-state index contributed by atoms with van der Waals surface area (Å²) in [6.07, 6.45) is -3.26. The Morgan fingerprint density at radius 3 is 2.43 bits per heavy atom. The van der Waals surface area contributed by atoms with E-state index in [0.29, 0.717) is 5.56 Å². The molecule has 0 spiro atoms. The van der Waals surface area contributed by atoms with Crippen LogP contribution in [0.3, 0.4) is 0 Å². The number of alkyl halides is 3. The Morgan fingerprint density at radius 1 is 1.11 bits per heavy atom. The Kier molecular flexibility index (Phi) is 5.04. The highest BCUT2D eigenvalue weighted by atomic mass is 19.4. The number of hydrogen-bond donors (Lipinski definition) is 1.